The molecule has 132 valence electrons. The third-order valence-corrected chi connectivity index (χ3v) is 4.51. The van der Waals surface area contributed by atoms with Crippen molar-refractivity contribution in [2.24, 2.45) is 0 Å². The molecule has 4 rings (SSSR count). The van der Waals surface area contributed by atoms with Crippen LogP contribution in [0.25, 0.3) is 0 Å². The van der Waals surface area contributed by atoms with Crippen molar-refractivity contribution in [3.63, 3.8) is 0 Å². The fourth-order valence-electron chi connectivity index (χ4n) is 3.15. The first-order valence-electron chi connectivity index (χ1n) is 8.88. The van der Waals surface area contributed by atoms with Crippen LogP contribution in [0.15, 0.2) is 73.2 Å². The molecular formula is C21H22N4O. The van der Waals surface area contributed by atoms with E-state index in [4.69, 9.17) is 4.74 Å². The van der Waals surface area contributed by atoms with Crippen LogP contribution in [-0.2, 0) is 11.3 Å². The minimum Gasteiger partial charge on any atom is -0.371 e. The monoisotopic (exact) mass is 346 g/mol. The van der Waals surface area contributed by atoms with Crippen molar-refractivity contribution in [1.82, 2.24) is 14.9 Å². The van der Waals surface area contributed by atoms with Gasteiger partial charge in [-0.1, -0.05) is 36.4 Å². The van der Waals surface area contributed by atoms with Crippen molar-refractivity contribution in [1.29, 1.82) is 0 Å². The van der Waals surface area contributed by atoms with Crippen LogP contribution in [-0.4, -0.2) is 34.6 Å². The fourth-order valence-corrected chi connectivity index (χ4v) is 3.15. The normalized spacial score (nSPS) is 17.8. The Morgan fingerprint density at radius 2 is 1.88 bits per heavy atom. The van der Waals surface area contributed by atoms with Gasteiger partial charge in [-0.15, -0.1) is 0 Å². The molecule has 3 aromatic rings. The lowest BCUT2D eigenvalue weighted by Crippen LogP contribution is -2.37. The number of nitrogens with zero attached hydrogens (tertiary/aromatic N) is 3. The Balaban J connectivity index is 1.36. The molecule has 0 radical (unpaired) electrons. The second-order valence-corrected chi connectivity index (χ2v) is 6.42. The number of pyridine rings is 2. The highest BCUT2D eigenvalue weighted by Crippen LogP contribution is 2.23. The number of benzene rings is 1. The van der Waals surface area contributed by atoms with E-state index in [1.54, 1.807) is 12.4 Å². The standard InChI is InChI=1S/C21H22N4O/c1-2-4-18(5-3-1)20-16-25(12-13-26-20)15-17-6-7-21(23-14-17)24-19-8-10-22-11-9-19/h1-11,14,20H,12-13,15-16H2,(H,22,23,24)/t20-/m1/s1. The second-order valence-electron chi connectivity index (χ2n) is 6.42. The van der Waals surface area contributed by atoms with Gasteiger partial charge in [0.15, 0.2) is 0 Å². The number of morpholine rings is 1. The second kappa shape index (κ2) is 8.08. The maximum absolute atomic E-state index is 5.95. The topological polar surface area (TPSA) is 50.3 Å². The molecule has 5 heteroatoms. The summed E-state index contributed by atoms with van der Waals surface area (Å²) in [5, 5.41) is 3.28. The summed E-state index contributed by atoms with van der Waals surface area (Å²) in [6, 6.07) is 18.4. The highest BCUT2D eigenvalue weighted by Gasteiger charge is 2.21. The van der Waals surface area contributed by atoms with E-state index in [1.807, 2.05) is 30.5 Å². The van der Waals surface area contributed by atoms with E-state index < -0.39 is 0 Å². The van der Waals surface area contributed by atoms with Crippen molar-refractivity contribution in [3.8, 4) is 0 Å². The lowest BCUT2D eigenvalue weighted by molar-refractivity contribution is -0.0329. The lowest BCUT2D eigenvalue weighted by Gasteiger charge is -2.33. The van der Waals surface area contributed by atoms with Gasteiger partial charge in [0.2, 0.25) is 0 Å². The van der Waals surface area contributed by atoms with E-state index >= 15 is 0 Å². The number of rotatable bonds is 5. The first-order chi connectivity index (χ1) is 12.9. The van der Waals surface area contributed by atoms with Crippen LogP contribution < -0.4 is 5.32 Å². The molecule has 2 aromatic heterocycles. The summed E-state index contributed by atoms with van der Waals surface area (Å²) in [6.45, 7) is 3.49. The van der Waals surface area contributed by atoms with Gasteiger partial charge in [0, 0.05) is 43.9 Å². The summed E-state index contributed by atoms with van der Waals surface area (Å²) in [5.74, 6) is 0.837. The van der Waals surface area contributed by atoms with Gasteiger partial charge in [-0.2, -0.15) is 0 Å². The Kier molecular flexibility index (Phi) is 5.19. The van der Waals surface area contributed by atoms with Crippen LogP contribution in [0.2, 0.25) is 0 Å². The number of hydrogen-bond donors (Lipinski definition) is 1. The molecule has 26 heavy (non-hydrogen) atoms. The molecule has 3 heterocycles. The van der Waals surface area contributed by atoms with E-state index in [-0.39, 0.29) is 6.10 Å². The van der Waals surface area contributed by atoms with Crippen LogP contribution in [0.3, 0.4) is 0 Å². The summed E-state index contributed by atoms with van der Waals surface area (Å²) < 4.78 is 5.95. The molecule has 0 spiro atoms. The summed E-state index contributed by atoms with van der Waals surface area (Å²) in [6.07, 6.45) is 5.61. The van der Waals surface area contributed by atoms with Gasteiger partial charge in [-0.25, -0.2) is 4.98 Å². The average molecular weight is 346 g/mol. The van der Waals surface area contributed by atoms with Crippen LogP contribution in [0.1, 0.15) is 17.2 Å². The van der Waals surface area contributed by atoms with Crippen LogP contribution in [0, 0.1) is 0 Å². The highest BCUT2D eigenvalue weighted by atomic mass is 16.5. The summed E-state index contributed by atoms with van der Waals surface area (Å²) in [7, 11) is 0. The number of nitrogens with one attached hydrogen (secondary N) is 1. The van der Waals surface area contributed by atoms with Crippen LogP contribution in [0.4, 0.5) is 11.5 Å². The Morgan fingerprint density at radius 1 is 1.04 bits per heavy atom. The van der Waals surface area contributed by atoms with Crippen molar-refractivity contribution < 1.29 is 4.74 Å². The zero-order valence-corrected chi connectivity index (χ0v) is 14.6. The van der Waals surface area contributed by atoms with E-state index in [0.717, 1.165) is 37.7 Å². The molecule has 1 aliphatic rings. The largest absolute Gasteiger partial charge is 0.371 e. The zero-order valence-electron chi connectivity index (χ0n) is 14.6. The first kappa shape index (κ1) is 16.7. The predicted molar refractivity (Wildman–Crippen MR) is 102 cm³/mol. The third kappa shape index (κ3) is 4.25. The highest BCUT2D eigenvalue weighted by molar-refractivity contribution is 5.54. The van der Waals surface area contributed by atoms with Crippen molar-refractivity contribution in [3.05, 3.63) is 84.3 Å². The molecule has 1 aliphatic heterocycles. The molecule has 5 nitrogen and oxygen atoms in total. The molecule has 1 saturated heterocycles. The molecule has 0 bridgehead atoms. The van der Waals surface area contributed by atoms with Crippen molar-refractivity contribution >= 4 is 11.5 Å². The Bertz CT molecular complexity index is 808. The zero-order chi connectivity index (χ0) is 17.6. The van der Waals surface area contributed by atoms with Gasteiger partial charge in [0.25, 0.3) is 0 Å². The Morgan fingerprint density at radius 3 is 2.65 bits per heavy atom. The van der Waals surface area contributed by atoms with Gasteiger partial charge >= 0.3 is 0 Å². The number of anilines is 2. The maximum atomic E-state index is 5.95. The molecule has 0 amide bonds. The fraction of sp³-hybridized carbons (Fsp3) is 0.238. The Hall–Kier alpha value is -2.76. The van der Waals surface area contributed by atoms with Gasteiger partial charge in [0.1, 0.15) is 5.82 Å². The minimum atomic E-state index is 0.144. The minimum absolute atomic E-state index is 0.144. The molecule has 1 aromatic carbocycles. The molecule has 0 aliphatic carbocycles. The van der Waals surface area contributed by atoms with E-state index in [2.05, 4.69) is 50.5 Å². The van der Waals surface area contributed by atoms with Gasteiger partial charge in [0.05, 0.1) is 12.7 Å². The average Bonchev–Trinajstić information content (AvgIpc) is 2.71. The first-order valence-corrected chi connectivity index (χ1v) is 8.88. The van der Waals surface area contributed by atoms with E-state index in [1.165, 1.54) is 11.1 Å². The molecule has 0 unspecified atom stereocenters. The molecule has 0 saturated carbocycles. The van der Waals surface area contributed by atoms with Crippen LogP contribution in [0.5, 0.6) is 0 Å². The summed E-state index contributed by atoms with van der Waals surface area (Å²) >= 11 is 0. The van der Waals surface area contributed by atoms with Crippen molar-refractivity contribution in [2.75, 3.05) is 25.0 Å². The number of aromatic nitrogens is 2. The molecular weight excluding hydrogens is 324 g/mol. The number of ether oxygens (including phenoxy) is 1. The van der Waals surface area contributed by atoms with Gasteiger partial charge < -0.3 is 10.1 Å². The van der Waals surface area contributed by atoms with Gasteiger partial charge in [-0.05, 0) is 29.3 Å². The van der Waals surface area contributed by atoms with Gasteiger partial charge in [-0.3, -0.25) is 9.88 Å². The quantitative estimate of drug-likeness (QED) is 0.762. The Labute approximate surface area is 153 Å². The van der Waals surface area contributed by atoms with Crippen molar-refractivity contribution in [2.45, 2.75) is 12.6 Å². The van der Waals surface area contributed by atoms with E-state index in [9.17, 15) is 0 Å². The molecule has 1 N–H and O–H groups in total. The molecule has 1 fully saturated rings. The lowest BCUT2D eigenvalue weighted by atomic mass is 10.1. The smallest absolute Gasteiger partial charge is 0.130 e. The van der Waals surface area contributed by atoms with Crippen LogP contribution >= 0.6 is 0 Å². The maximum Gasteiger partial charge on any atom is 0.130 e. The third-order valence-electron chi connectivity index (χ3n) is 4.51. The summed E-state index contributed by atoms with van der Waals surface area (Å²) in [4.78, 5) is 11.0. The van der Waals surface area contributed by atoms with E-state index in [0.29, 0.717) is 0 Å². The SMILES string of the molecule is c1ccc([C@H]2CN(Cc3ccc(Nc4ccncc4)nc3)CCO2)cc1. The number of hydrogen-bond acceptors (Lipinski definition) is 5. The predicted octanol–water partition coefficient (Wildman–Crippen LogP) is 3.79. The summed E-state index contributed by atoms with van der Waals surface area (Å²) in [5.41, 5.74) is 3.44. The molecule has 1 atom stereocenters.